The van der Waals surface area contributed by atoms with Crippen LogP contribution >= 0.6 is 0 Å². The smallest absolute Gasteiger partial charge is 0.228 e. The third kappa shape index (κ3) is 5.25. The zero-order valence-electron chi connectivity index (χ0n) is 20.8. The van der Waals surface area contributed by atoms with Crippen molar-refractivity contribution in [1.82, 2.24) is 14.9 Å². The Bertz CT molecular complexity index is 1190. The van der Waals surface area contributed by atoms with Crippen LogP contribution in [0.2, 0.25) is 0 Å². The molecule has 1 unspecified atom stereocenters. The molecule has 3 aromatic rings. The first-order valence-corrected chi connectivity index (χ1v) is 12.9. The highest BCUT2D eigenvalue weighted by molar-refractivity contribution is 6.00. The molecular weight excluding hydrogens is 450 g/mol. The van der Waals surface area contributed by atoms with E-state index in [1.165, 1.54) is 5.56 Å². The van der Waals surface area contributed by atoms with Gasteiger partial charge in [-0.15, -0.1) is 0 Å². The zero-order chi connectivity index (χ0) is 24.9. The van der Waals surface area contributed by atoms with Gasteiger partial charge >= 0.3 is 0 Å². The molecule has 2 amide bonds. The van der Waals surface area contributed by atoms with E-state index in [0.29, 0.717) is 32.7 Å². The molecule has 2 fully saturated rings. The lowest BCUT2D eigenvalue weighted by Gasteiger charge is -2.36. The molecule has 2 saturated heterocycles. The second-order valence-corrected chi connectivity index (χ2v) is 9.62. The van der Waals surface area contributed by atoms with Crippen molar-refractivity contribution in [3.8, 4) is 11.3 Å². The number of amides is 2. The van der Waals surface area contributed by atoms with Crippen LogP contribution in [0, 0.1) is 5.92 Å². The van der Waals surface area contributed by atoms with Gasteiger partial charge < -0.3 is 14.7 Å². The summed E-state index contributed by atoms with van der Waals surface area (Å²) in [7, 11) is 0. The summed E-state index contributed by atoms with van der Waals surface area (Å²) in [6, 6.07) is 20.3. The van der Waals surface area contributed by atoms with E-state index >= 15 is 0 Å². The summed E-state index contributed by atoms with van der Waals surface area (Å²) < 4.78 is 0. The van der Waals surface area contributed by atoms with Gasteiger partial charge in [-0.2, -0.15) is 0 Å². The highest BCUT2D eigenvalue weighted by Gasteiger charge is 2.38. The number of rotatable bonds is 7. The van der Waals surface area contributed by atoms with Crippen molar-refractivity contribution >= 4 is 23.3 Å². The minimum atomic E-state index is -0.285. The second-order valence-electron chi connectivity index (χ2n) is 9.62. The summed E-state index contributed by atoms with van der Waals surface area (Å²) in [6.07, 6.45) is 5.27. The van der Waals surface area contributed by atoms with Gasteiger partial charge in [-0.25, -0.2) is 9.97 Å². The predicted octanol–water partition coefficient (Wildman–Crippen LogP) is 4.19. The lowest BCUT2D eigenvalue weighted by Crippen LogP contribution is -2.51. The SMILES string of the molecule is CCCCc1ccc(N2CC(C(=O)N3CCN(c4cc(-c5ccccc5)ncn4)CC3)CC2=O)cc1. The maximum Gasteiger partial charge on any atom is 0.228 e. The Labute approximate surface area is 212 Å². The van der Waals surface area contributed by atoms with Gasteiger partial charge in [0.15, 0.2) is 0 Å². The van der Waals surface area contributed by atoms with Crippen LogP contribution in [0.3, 0.4) is 0 Å². The van der Waals surface area contributed by atoms with Gasteiger partial charge in [0.1, 0.15) is 12.1 Å². The Morgan fingerprint density at radius 1 is 0.972 bits per heavy atom. The normalized spacial score (nSPS) is 18.1. The van der Waals surface area contributed by atoms with Crippen LogP contribution in [-0.2, 0) is 16.0 Å². The molecule has 36 heavy (non-hydrogen) atoms. The molecule has 0 spiro atoms. The number of carbonyl (C=O) groups excluding carboxylic acids is 2. The molecule has 7 nitrogen and oxygen atoms in total. The molecule has 2 aromatic carbocycles. The van der Waals surface area contributed by atoms with Gasteiger partial charge in [0, 0.05) is 56.5 Å². The van der Waals surface area contributed by atoms with Gasteiger partial charge in [-0.05, 0) is 30.5 Å². The van der Waals surface area contributed by atoms with E-state index in [0.717, 1.165) is 42.0 Å². The number of hydrogen-bond donors (Lipinski definition) is 0. The van der Waals surface area contributed by atoms with Gasteiger partial charge in [-0.1, -0.05) is 55.8 Å². The van der Waals surface area contributed by atoms with Crippen molar-refractivity contribution in [2.45, 2.75) is 32.6 Å². The van der Waals surface area contributed by atoms with Crippen LogP contribution in [0.5, 0.6) is 0 Å². The van der Waals surface area contributed by atoms with Gasteiger partial charge in [0.05, 0.1) is 11.6 Å². The number of nitrogens with zero attached hydrogens (tertiary/aromatic N) is 5. The minimum absolute atomic E-state index is 0.0303. The molecule has 1 atom stereocenters. The molecule has 3 heterocycles. The lowest BCUT2D eigenvalue weighted by atomic mass is 10.1. The molecule has 5 rings (SSSR count). The molecule has 1 aromatic heterocycles. The number of hydrogen-bond acceptors (Lipinski definition) is 5. The molecule has 0 N–H and O–H groups in total. The van der Waals surface area contributed by atoms with Crippen molar-refractivity contribution in [3.63, 3.8) is 0 Å². The second kappa shape index (κ2) is 10.9. The zero-order valence-corrected chi connectivity index (χ0v) is 20.8. The van der Waals surface area contributed by atoms with Crippen molar-refractivity contribution in [1.29, 1.82) is 0 Å². The lowest BCUT2D eigenvalue weighted by molar-refractivity contribution is -0.136. The standard InChI is InChI=1S/C29H33N5O2/c1-2-3-7-22-10-12-25(13-11-22)34-20-24(18-28(34)35)29(36)33-16-14-32(15-17-33)27-19-26(30-21-31-27)23-8-5-4-6-9-23/h4-6,8-13,19,21,24H,2-3,7,14-18,20H2,1H3. The number of piperazine rings is 1. The molecule has 2 aliphatic rings. The number of benzene rings is 2. The molecule has 0 saturated carbocycles. The Morgan fingerprint density at radius 2 is 1.72 bits per heavy atom. The summed E-state index contributed by atoms with van der Waals surface area (Å²) in [6.45, 7) is 5.31. The monoisotopic (exact) mass is 483 g/mol. The van der Waals surface area contributed by atoms with E-state index in [9.17, 15) is 9.59 Å². The topological polar surface area (TPSA) is 69.6 Å². The molecule has 0 aliphatic carbocycles. The summed E-state index contributed by atoms with van der Waals surface area (Å²) in [5, 5.41) is 0. The molecule has 7 heteroatoms. The van der Waals surface area contributed by atoms with Gasteiger partial charge in [0.2, 0.25) is 11.8 Å². The van der Waals surface area contributed by atoms with E-state index in [1.807, 2.05) is 53.4 Å². The summed E-state index contributed by atoms with van der Waals surface area (Å²) >= 11 is 0. The Hall–Kier alpha value is -3.74. The first kappa shape index (κ1) is 24.0. The third-order valence-electron chi connectivity index (χ3n) is 7.18. The van der Waals surface area contributed by atoms with E-state index in [1.54, 1.807) is 11.2 Å². The average molecular weight is 484 g/mol. The van der Waals surface area contributed by atoms with Crippen molar-refractivity contribution in [2.24, 2.45) is 5.92 Å². The van der Waals surface area contributed by atoms with Gasteiger partial charge in [0.25, 0.3) is 0 Å². The largest absolute Gasteiger partial charge is 0.353 e. The van der Waals surface area contributed by atoms with Crippen molar-refractivity contribution in [2.75, 3.05) is 42.5 Å². The fourth-order valence-corrected chi connectivity index (χ4v) is 5.05. The molecular formula is C29H33N5O2. The quantitative estimate of drug-likeness (QED) is 0.504. The Morgan fingerprint density at radius 3 is 2.44 bits per heavy atom. The van der Waals surface area contributed by atoms with Crippen LogP contribution in [0.15, 0.2) is 67.0 Å². The average Bonchev–Trinajstić information content (AvgIpc) is 3.34. The maximum absolute atomic E-state index is 13.3. The summed E-state index contributed by atoms with van der Waals surface area (Å²) in [4.78, 5) is 40.8. The maximum atomic E-state index is 13.3. The van der Waals surface area contributed by atoms with Crippen molar-refractivity contribution in [3.05, 3.63) is 72.6 Å². The number of anilines is 2. The summed E-state index contributed by atoms with van der Waals surface area (Å²) in [5.41, 5.74) is 4.12. The third-order valence-corrected chi connectivity index (χ3v) is 7.18. The molecule has 0 bridgehead atoms. The highest BCUT2D eigenvalue weighted by atomic mass is 16.2. The predicted molar refractivity (Wildman–Crippen MR) is 142 cm³/mol. The molecule has 0 radical (unpaired) electrons. The van der Waals surface area contributed by atoms with Crippen LogP contribution in [0.25, 0.3) is 11.3 Å². The first-order valence-electron chi connectivity index (χ1n) is 12.9. The number of aryl methyl sites for hydroxylation is 1. The number of unbranched alkanes of at least 4 members (excludes halogenated alkanes) is 1. The number of carbonyl (C=O) groups is 2. The van der Waals surface area contributed by atoms with E-state index < -0.39 is 0 Å². The minimum Gasteiger partial charge on any atom is -0.353 e. The fraction of sp³-hybridized carbons (Fsp3) is 0.379. The summed E-state index contributed by atoms with van der Waals surface area (Å²) in [5.74, 6) is 0.702. The highest BCUT2D eigenvalue weighted by Crippen LogP contribution is 2.28. The van der Waals surface area contributed by atoms with Crippen LogP contribution in [0.4, 0.5) is 11.5 Å². The number of aromatic nitrogens is 2. The van der Waals surface area contributed by atoms with Gasteiger partial charge in [-0.3, -0.25) is 9.59 Å². The fourth-order valence-electron chi connectivity index (χ4n) is 5.05. The first-order chi connectivity index (χ1) is 17.6. The van der Waals surface area contributed by atoms with Crippen LogP contribution in [0.1, 0.15) is 31.7 Å². The van der Waals surface area contributed by atoms with E-state index in [2.05, 4.69) is 33.9 Å². The van der Waals surface area contributed by atoms with Crippen LogP contribution < -0.4 is 9.80 Å². The van der Waals surface area contributed by atoms with E-state index in [-0.39, 0.29) is 24.2 Å². The molecule has 2 aliphatic heterocycles. The van der Waals surface area contributed by atoms with Crippen molar-refractivity contribution < 1.29 is 9.59 Å². The van der Waals surface area contributed by atoms with E-state index in [4.69, 9.17) is 0 Å². The molecule has 186 valence electrons. The Kier molecular flexibility index (Phi) is 7.26. The van der Waals surface area contributed by atoms with Crippen LogP contribution in [-0.4, -0.2) is 59.4 Å². The Balaban J connectivity index is 1.17.